The number of fused-ring (bicyclic) bond motifs is 2. The van der Waals surface area contributed by atoms with Crippen LogP contribution in [0, 0.1) is 12.8 Å². The maximum atomic E-state index is 13.4. The van der Waals surface area contributed by atoms with Crippen molar-refractivity contribution in [1.29, 1.82) is 0 Å². The first-order chi connectivity index (χ1) is 19.3. The molecule has 0 saturated carbocycles. The molecule has 0 aliphatic carbocycles. The van der Waals surface area contributed by atoms with E-state index < -0.39 is 11.5 Å². The van der Waals surface area contributed by atoms with E-state index in [9.17, 15) is 14.7 Å². The van der Waals surface area contributed by atoms with Crippen LogP contribution in [-0.2, 0) is 6.42 Å². The van der Waals surface area contributed by atoms with Crippen LogP contribution in [0.15, 0.2) is 71.5 Å². The first-order valence-corrected chi connectivity index (χ1v) is 14.3. The van der Waals surface area contributed by atoms with E-state index >= 15 is 0 Å². The molecule has 0 aliphatic heterocycles. The Labute approximate surface area is 237 Å². The Hall–Kier alpha value is -4.10. The summed E-state index contributed by atoms with van der Waals surface area (Å²) in [5, 5.41) is 12.4. The fourth-order valence-electron chi connectivity index (χ4n) is 5.18. The molecule has 0 bridgehead atoms. The van der Waals surface area contributed by atoms with Crippen molar-refractivity contribution in [1.82, 2.24) is 4.40 Å². The van der Waals surface area contributed by atoms with E-state index in [4.69, 9.17) is 9.47 Å². The number of thiazole rings is 1. The number of carboxylic acids is 1. The van der Waals surface area contributed by atoms with Gasteiger partial charge in [0.15, 0.2) is 11.4 Å². The second-order valence-corrected chi connectivity index (χ2v) is 11.4. The molecule has 40 heavy (non-hydrogen) atoms. The molecule has 0 aliphatic rings. The third-order valence-electron chi connectivity index (χ3n) is 7.13. The van der Waals surface area contributed by atoms with Crippen LogP contribution < -0.4 is 15.0 Å². The molecule has 7 heteroatoms. The van der Waals surface area contributed by atoms with Gasteiger partial charge in [0, 0.05) is 18.1 Å². The van der Waals surface area contributed by atoms with E-state index in [0.717, 1.165) is 51.6 Å². The van der Waals surface area contributed by atoms with E-state index in [1.54, 1.807) is 7.11 Å². The monoisotopic (exact) mass is 555 g/mol. The fourth-order valence-corrected chi connectivity index (χ4v) is 6.48. The Kier molecular flexibility index (Phi) is 7.94. The summed E-state index contributed by atoms with van der Waals surface area (Å²) in [6.45, 7) is 6.97. The highest BCUT2D eigenvalue weighted by molar-refractivity contribution is 7.21. The summed E-state index contributed by atoms with van der Waals surface area (Å²) in [6.07, 6.45) is 2.55. The van der Waals surface area contributed by atoms with E-state index in [1.165, 1.54) is 21.8 Å². The number of nitrogens with zero attached hydrogens (tertiary/aromatic N) is 1. The Balaban J connectivity index is 1.58. The van der Waals surface area contributed by atoms with Gasteiger partial charge in [0.25, 0.3) is 5.56 Å². The first kappa shape index (κ1) is 27.5. The molecule has 3 aromatic carbocycles. The van der Waals surface area contributed by atoms with Crippen LogP contribution >= 0.6 is 11.3 Å². The van der Waals surface area contributed by atoms with Gasteiger partial charge in [-0.1, -0.05) is 56.3 Å². The summed E-state index contributed by atoms with van der Waals surface area (Å²) in [5.74, 6) is 0.743. The quantitative estimate of drug-likeness (QED) is 0.180. The minimum Gasteiger partial charge on any atom is -0.493 e. The highest BCUT2D eigenvalue weighted by atomic mass is 32.1. The predicted octanol–water partition coefficient (Wildman–Crippen LogP) is 7.60. The smallest absolute Gasteiger partial charge is 0.354 e. The maximum absolute atomic E-state index is 13.4. The minimum atomic E-state index is -1.17. The number of aromatic nitrogens is 1. The van der Waals surface area contributed by atoms with Crippen molar-refractivity contribution in [2.24, 2.45) is 5.92 Å². The number of aryl methyl sites for hydroxylation is 1. The van der Waals surface area contributed by atoms with Crippen molar-refractivity contribution < 1.29 is 19.4 Å². The summed E-state index contributed by atoms with van der Waals surface area (Å²) in [5.41, 5.74) is 2.95. The molecule has 0 radical (unpaired) electrons. The zero-order chi connectivity index (χ0) is 28.4. The lowest BCUT2D eigenvalue weighted by Crippen LogP contribution is -2.19. The van der Waals surface area contributed by atoms with Gasteiger partial charge in [-0.3, -0.25) is 9.20 Å². The SMILES string of the molecule is COc1c(Cc2cccc3ccccc23)cc(=O)n2c(C(=O)O)c(-c3ccc(OCCCC(C)C)c(C)c3)sc12. The highest BCUT2D eigenvalue weighted by Gasteiger charge is 2.25. The molecule has 0 saturated heterocycles. The topological polar surface area (TPSA) is 77.2 Å². The Morgan fingerprint density at radius 1 is 1.02 bits per heavy atom. The van der Waals surface area contributed by atoms with Crippen LogP contribution in [0.3, 0.4) is 0 Å². The molecular formula is C33H33NO5S. The van der Waals surface area contributed by atoms with Gasteiger partial charge < -0.3 is 14.6 Å². The zero-order valence-electron chi connectivity index (χ0n) is 23.2. The van der Waals surface area contributed by atoms with Gasteiger partial charge >= 0.3 is 5.97 Å². The van der Waals surface area contributed by atoms with E-state index in [0.29, 0.717) is 34.4 Å². The number of ether oxygens (including phenoxy) is 2. The summed E-state index contributed by atoms with van der Waals surface area (Å²) in [6, 6.07) is 21.4. The average molecular weight is 556 g/mol. The third kappa shape index (κ3) is 5.34. The Bertz CT molecular complexity index is 1760. The number of carbonyl (C=O) groups is 1. The second-order valence-electron chi connectivity index (χ2n) is 10.4. The van der Waals surface area contributed by atoms with Gasteiger partial charge in [-0.15, -0.1) is 11.3 Å². The van der Waals surface area contributed by atoms with Gasteiger partial charge in [-0.05, 0) is 71.3 Å². The Morgan fingerprint density at radius 3 is 2.52 bits per heavy atom. The van der Waals surface area contributed by atoms with Crippen LogP contribution in [0.1, 0.15) is 53.9 Å². The Morgan fingerprint density at radius 2 is 1.80 bits per heavy atom. The van der Waals surface area contributed by atoms with Crippen LogP contribution in [0.5, 0.6) is 11.5 Å². The van der Waals surface area contributed by atoms with Crippen molar-refractivity contribution in [3.63, 3.8) is 0 Å². The molecule has 0 fully saturated rings. The lowest BCUT2D eigenvalue weighted by atomic mass is 9.98. The van der Waals surface area contributed by atoms with Crippen molar-refractivity contribution in [2.75, 3.05) is 13.7 Å². The zero-order valence-corrected chi connectivity index (χ0v) is 24.0. The number of methoxy groups -OCH3 is 1. The van der Waals surface area contributed by atoms with Gasteiger partial charge in [-0.25, -0.2) is 4.79 Å². The number of pyridine rings is 1. The fraction of sp³-hybridized carbons (Fsp3) is 0.273. The highest BCUT2D eigenvalue weighted by Crippen LogP contribution is 2.40. The summed E-state index contributed by atoms with van der Waals surface area (Å²) < 4.78 is 13.1. The normalized spacial score (nSPS) is 11.4. The molecular weight excluding hydrogens is 522 g/mol. The molecule has 0 unspecified atom stereocenters. The second kappa shape index (κ2) is 11.6. The summed E-state index contributed by atoms with van der Waals surface area (Å²) in [7, 11) is 1.56. The van der Waals surface area contributed by atoms with Crippen LogP contribution in [0.4, 0.5) is 0 Å². The minimum absolute atomic E-state index is 0.0648. The third-order valence-corrected chi connectivity index (χ3v) is 8.33. The molecule has 1 N–H and O–H groups in total. The lowest BCUT2D eigenvalue weighted by molar-refractivity contribution is 0.0690. The van der Waals surface area contributed by atoms with E-state index in [2.05, 4.69) is 32.0 Å². The standard InChI is InChI=1S/C33H33NO5S/c1-20(2)9-8-16-39-27-15-14-24(17-21(27)3)31-29(33(36)37)34-28(35)19-25(30(38-4)32(34)40-31)18-23-12-7-11-22-10-5-6-13-26(22)23/h5-7,10-15,17,19-20H,8-9,16,18H2,1-4H3,(H,36,37). The molecule has 5 aromatic rings. The lowest BCUT2D eigenvalue weighted by Gasteiger charge is -2.12. The first-order valence-electron chi connectivity index (χ1n) is 13.5. The summed E-state index contributed by atoms with van der Waals surface area (Å²) >= 11 is 1.25. The number of carboxylic acid groups (broad SMARTS) is 1. The van der Waals surface area contributed by atoms with Gasteiger partial charge in [0.2, 0.25) is 0 Å². The van der Waals surface area contributed by atoms with Crippen molar-refractivity contribution in [3.8, 4) is 21.9 Å². The summed E-state index contributed by atoms with van der Waals surface area (Å²) in [4.78, 5) is 26.9. The predicted molar refractivity (Wildman–Crippen MR) is 162 cm³/mol. The maximum Gasteiger partial charge on any atom is 0.354 e. The van der Waals surface area contributed by atoms with Crippen molar-refractivity contribution in [3.05, 3.63) is 99.5 Å². The van der Waals surface area contributed by atoms with Crippen LogP contribution in [0.2, 0.25) is 0 Å². The number of benzene rings is 3. The molecule has 0 atom stereocenters. The van der Waals surface area contributed by atoms with E-state index in [1.807, 2.05) is 49.4 Å². The van der Waals surface area contributed by atoms with Gasteiger partial charge in [0.1, 0.15) is 10.6 Å². The molecule has 5 rings (SSSR count). The average Bonchev–Trinajstić information content (AvgIpc) is 3.34. The van der Waals surface area contributed by atoms with Gasteiger partial charge in [-0.2, -0.15) is 0 Å². The van der Waals surface area contributed by atoms with Crippen molar-refractivity contribution in [2.45, 2.75) is 40.0 Å². The van der Waals surface area contributed by atoms with Crippen molar-refractivity contribution >= 4 is 32.9 Å². The number of hydrogen-bond acceptors (Lipinski definition) is 5. The molecule has 6 nitrogen and oxygen atoms in total. The number of aromatic carboxylic acids is 1. The number of rotatable bonds is 10. The van der Waals surface area contributed by atoms with Crippen LogP contribution in [-0.4, -0.2) is 29.2 Å². The molecule has 2 aromatic heterocycles. The van der Waals surface area contributed by atoms with Crippen LogP contribution in [0.25, 0.3) is 26.0 Å². The molecule has 2 heterocycles. The molecule has 0 spiro atoms. The largest absolute Gasteiger partial charge is 0.493 e. The number of hydrogen-bond donors (Lipinski definition) is 1. The molecule has 0 amide bonds. The van der Waals surface area contributed by atoms with Gasteiger partial charge in [0.05, 0.1) is 18.6 Å². The van der Waals surface area contributed by atoms with E-state index in [-0.39, 0.29) is 5.69 Å². The molecule has 206 valence electrons.